The Morgan fingerprint density at radius 3 is 2.32 bits per heavy atom. The highest BCUT2D eigenvalue weighted by atomic mass is 35.5. The molecular weight excluding hydrogens is 258 g/mol. The van der Waals surface area contributed by atoms with Crippen LogP contribution in [0.2, 0.25) is 5.02 Å². The summed E-state index contributed by atoms with van der Waals surface area (Å²) in [7, 11) is 1.97. The fourth-order valence-corrected chi connectivity index (χ4v) is 2.38. The second-order valence-electron chi connectivity index (χ2n) is 4.97. The van der Waals surface area contributed by atoms with Crippen molar-refractivity contribution in [3.8, 4) is 0 Å². The topological polar surface area (TPSA) is 29.9 Å². The molecule has 0 aliphatic carbocycles. The molecule has 0 spiro atoms. The smallest absolute Gasteiger partial charge is 0.0540 e. The fraction of sp³-hybridized carbons (Fsp3) is 0.400. The van der Waals surface area contributed by atoms with Crippen LogP contribution in [0.3, 0.4) is 0 Å². The van der Waals surface area contributed by atoms with Crippen LogP contribution in [-0.4, -0.2) is 9.78 Å². The van der Waals surface area contributed by atoms with Gasteiger partial charge in [-0.25, -0.2) is 0 Å². The van der Waals surface area contributed by atoms with Gasteiger partial charge < -0.3 is 5.32 Å². The third-order valence-electron chi connectivity index (χ3n) is 3.61. The molecule has 0 fully saturated rings. The molecule has 0 saturated heterocycles. The van der Waals surface area contributed by atoms with Gasteiger partial charge in [-0.1, -0.05) is 23.7 Å². The van der Waals surface area contributed by atoms with E-state index >= 15 is 0 Å². The van der Waals surface area contributed by atoms with E-state index in [1.165, 1.54) is 16.8 Å². The lowest BCUT2D eigenvalue weighted by atomic mass is 10.0. The molecule has 0 bridgehead atoms. The zero-order valence-corrected chi connectivity index (χ0v) is 12.6. The average molecular weight is 278 g/mol. The number of nitrogens with zero attached hydrogens (tertiary/aromatic N) is 2. The first-order valence-corrected chi connectivity index (χ1v) is 6.87. The summed E-state index contributed by atoms with van der Waals surface area (Å²) in [4.78, 5) is 0. The van der Waals surface area contributed by atoms with E-state index < -0.39 is 0 Å². The molecule has 1 aromatic heterocycles. The van der Waals surface area contributed by atoms with E-state index in [1.807, 2.05) is 30.1 Å². The third-order valence-corrected chi connectivity index (χ3v) is 3.86. The molecule has 4 heteroatoms. The minimum atomic E-state index is 0.263. The number of aryl methyl sites for hydroxylation is 1. The number of hydrogen-bond acceptors (Lipinski definition) is 2. The highest BCUT2D eigenvalue weighted by Gasteiger charge is 2.15. The number of hydrogen-bond donors (Lipinski definition) is 1. The molecule has 0 amide bonds. The lowest BCUT2D eigenvalue weighted by Gasteiger charge is -2.20. The Hall–Kier alpha value is -1.32. The Balaban J connectivity index is 2.08. The number of benzene rings is 1. The zero-order chi connectivity index (χ0) is 14.0. The van der Waals surface area contributed by atoms with E-state index in [4.69, 9.17) is 11.6 Å². The van der Waals surface area contributed by atoms with E-state index in [0.29, 0.717) is 0 Å². The van der Waals surface area contributed by atoms with Crippen LogP contribution < -0.4 is 5.32 Å². The van der Waals surface area contributed by atoms with E-state index in [1.54, 1.807) is 0 Å². The van der Waals surface area contributed by atoms with Gasteiger partial charge in [-0.2, -0.15) is 5.10 Å². The lowest BCUT2D eigenvalue weighted by Crippen LogP contribution is -2.22. The maximum Gasteiger partial charge on any atom is 0.0540 e. The molecule has 0 saturated carbocycles. The van der Waals surface area contributed by atoms with Crippen LogP contribution in [-0.2, 0) is 7.05 Å². The largest absolute Gasteiger partial charge is 0.304 e. The summed E-state index contributed by atoms with van der Waals surface area (Å²) >= 11 is 5.91. The number of halogens is 1. The maximum absolute atomic E-state index is 5.91. The molecule has 2 aromatic rings. The van der Waals surface area contributed by atoms with Crippen LogP contribution in [0.15, 0.2) is 30.5 Å². The molecule has 0 aliphatic rings. The van der Waals surface area contributed by atoms with Crippen molar-refractivity contribution in [2.45, 2.75) is 32.9 Å². The summed E-state index contributed by atoms with van der Waals surface area (Å²) in [5, 5.41) is 8.65. The molecule has 3 nitrogen and oxygen atoms in total. The van der Waals surface area contributed by atoms with Crippen molar-refractivity contribution >= 4 is 11.6 Å². The maximum atomic E-state index is 5.91. The van der Waals surface area contributed by atoms with Gasteiger partial charge in [-0.05, 0) is 38.5 Å². The van der Waals surface area contributed by atoms with Crippen LogP contribution in [0.5, 0.6) is 0 Å². The Morgan fingerprint density at radius 1 is 1.16 bits per heavy atom. The summed E-state index contributed by atoms with van der Waals surface area (Å²) < 4.78 is 1.90. The predicted molar refractivity (Wildman–Crippen MR) is 79.4 cm³/mol. The minimum Gasteiger partial charge on any atom is -0.304 e. The van der Waals surface area contributed by atoms with Gasteiger partial charge in [0.1, 0.15) is 0 Å². The van der Waals surface area contributed by atoms with Crippen molar-refractivity contribution in [2.24, 2.45) is 7.05 Å². The monoisotopic (exact) mass is 277 g/mol. The van der Waals surface area contributed by atoms with E-state index in [2.05, 4.69) is 43.3 Å². The van der Waals surface area contributed by atoms with Gasteiger partial charge in [0.25, 0.3) is 0 Å². The van der Waals surface area contributed by atoms with E-state index in [0.717, 1.165) is 5.02 Å². The lowest BCUT2D eigenvalue weighted by molar-refractivity contribution is 0.492. The normalized spacial score (nSPS) is 14.4. The quantitative estimate of drug-likeness (QED) is 0.921. The molecular formula is C15H20ClN3. The van der Waals surface area contributed by atoms with Crippen molar-refractivity contribution in [3.05, 3.63) is 52.3 Å². The summed E-state index contributed by atoms with van der Waals surface area (Å²) in [6, 6.07) is 8.50. The second kappa shape index (κ2) is 5.76. The first kappa shape index (κ1) is 14.1. The van der Waals surface area contributed by atoms with Crippen molar-refractivity contribution in [2.75, 3.05) is 0 Å². The number of aromatic nitrogens is 2. The van der Waals surface area contributed by atoms with Gasteiger partial charge >= 0.3 is 0 Å². The molecule has 0 aliphatic heterocycles. The fourth-order valence-electron chi connectivity index (χ4n) is 2.25. The van der Waals surface area contributed by atoms with Gasteiger partial charge in [0, 0.05) is 35.4 Å². The number of nitrogens with one attached hydrogen (secondary N) is 1. The summed E-state index contributed by atoms with van der Waals surface area (Å²) in [6.45, 7) is 6.41. The van der Waals surface area contributed by atoms with E-state index in [9.17, 15) is 0 Å². The van der Waals surface area contributed by atoms with Crippen molar-refractivity contribution in [3.63, 3.8) is 0 Å². The van der Waals surface area contributed by atoms with Gasteiger partial charge in [0.05, 0.1) is 6.20 Å². The van der Waals surface area contributed by atoms with Gasteiger partial charge in [-0.3, -0.25) is 4.68 Å². The Bertz CT molecular complexity index is 545. The third kappa shape index (κ3) is 3.17. The molecule has 1 N–H and O–H groups in total. The van der Waals surface area contributed by atoms with Gasteiger partial charge in [0.2, 0.25) is 0 Å². The van der Waals surface area contributed by atoms with Crippen molar-refractivity contribution < 1.29 is 0 Å². The van der Waals surface area contributed by atoms with Gasteiger partial charge in [0.15, 0.2) is 0 Å². The molecule has 19 heavy (non-hydrogen) atoms. The van der Waals surface area contributed by atoms with Crippen LogP contribution in [0.25, 0.3) is 0 Å². The molecule has 2 unspecified atom stereocenters. The highest BCUT2D eigenvalue weighted by Crippen LogP contribution is 2.22. The van der Waals surface area contributed by atoms with Crippen LogP contribution >= 0.6 is 11.6 Å². The Kier molecular flexibility index (Phi) is 4.27. The first-order valence-electron chi connectivity index (χ1n) is 6.49. The number of rotatable bonds is 4. The molecule has 2 rings (SSSR count). The van der Waals surface area contributed by atoms with Crippen molar-refractivity contribution in [1.29, 1.82) is 0 Å². The SMILES string of the molecule is Cc1c(C(C)NC(C)c2ccc(Cl)cc2)cnn1C. The first-order chi connectivity index (χ1) is 8.99. The van der Waals surface area contributed by atoms with E-state index in [-0.39, 0.29) is 12.1 Å². The second-order valence-corrected chi connectivity index (χ2v) is 5.41. The molecule has 2 atom stereocenters. The predicted octanol–water partition coefficient (Wildman–Crippen LogP) is 3.79. The summed E-state index contributed by atoms with van der Waals surface area (Å²) in [5.41, 5.74) is 3.67. The van der Waals surface area contributed by atoms with Crippen LogP contribution in [0.4, 0.5) is 0 Å². The molecule has 0 radical (unpaired) electrons. The van der Waals surface area contributed by atoms with Crippen LogP contribution in [0, 0.1) is 6.92 Å². The Morgan fingerprint density at radius 2 is 1.79 bits per heavy atom. The highest BCUT2D eigenvalue weighted by molar-refractivity contribution is 6.30. The minimum absolute atomic E-state index is 0.263. The standard InChI is InChI=1S/C15H20ClN3/c1-10(13-5-7-14(16)8-6-13)18-11(2)15-9-17-19(4)12(15)3/h5-11,18H,1-4H3. The van der Waals surface area contributed by atoms with Crippen molar-refractivity contribution in [1.82, 2.24) is 15.1 Å². The summed E-state index contributed by atoms with van der Waals surface area (Å²) in [5.74, 6) is 0. The van der Waals surface area contributed by atoms with Crippen LogP contribution in [0.1, 0.15) is 42.8 Å². The molecule has 102 valence electrons. The average Bonchev–Trinajstić information content (AvgIpc) is 2.70. The molecule has 1 heterocycles. The zero-order valence-electron chi connectivity index (χ0n) is 11.8. The van der Waals surface area contributed by atoms with Gasteiger partial charge in [-0.15, -0.1) is 0 Å². The molecule has 1 aromatic carbocycles. The summed E-state index contributed by atoms with van der Waals surface area (Å²) in [6.07, 6.45) is 1.93. The Labute approximate surface area is 119 Å².